The van der Waals surface area contributed by atoms with Gasteiger partial charge in [-0.2, -0.15) is 0 Å². The van der Waals surface area contributed by atoms with Gasteiger partial charge in [-0.15, -0.1) is 11.3 Å². The van der Waals surface area contributed by atoms with Gasteiger partial charge in [-0.1, -0.05) is 0 Å². The summed E-state index contributed by atoms with van der Waals surface area (Å²) in [6.07, 6.45) is 1.71. The number of piperidine rings is 1. The van der Waals surface area contributed by atoms with Crippen molar-refractivity contribution >= 4 is 23.2 Å². The average Bonchev–Trinajstić information content (AvgIpc) is 2.87. The Labute approximate surface area is 115 Å². The number of likely N-dealkylation sites (tertiary alicyclic amines) is 1. The Bertz CT molecular complexity index is 467. The third-order valence-electron chi connectivity index (χ3n) is 3.26. The van der Waals surface area contributed by atoms with E-state index in [1.165, 1.54) is 11.3 Å². The van der Waals surface area contributed by atoms with E-state index >= 15 is 0 Å². The molecule has 0 aromatic carbocycles. The predicted molar refractivity (Wildman–Crippen MR) is 71.1 cm³/mol. The van der Waals surface area contributed by atoms with E-state index in [1.807, 2.05) is 0 Å². The fraction of sp³-hybridized carbons (Fsp3) is 0.583. The molecule has 1 fully saturated rings. The highest BCUT2D eigenvalue weighted by Gasteiger charge is 2.28. The molecule has 1 saturated heterocycles. The van der Waals surface area contributed by atoms with Gasteiger partial charge in [0.05, 0.1) is 10.9 Å². The molecule has 0 atom stereocenters. The SMILES string of the molecule is NCCc1nc(C(=O)N2CCC(C(=O)O)CC2)cs1. The molecule has 6 nitrogen and oxygen atoms in total. The van der Waals surface area contributed by atoms with Gasteiger partial charge in [-0.25, -0.2) is 4.98 Å². The summed E-state index contributed by atoms with van der Waals surface area (Å²) in [5.41, 5.74) is 5.89. The van der Waals surface area contributed by atoms with Gasteiger partial charge in [0, 0.05) is 24.9 Å². The summed E-state index contributed by atoms with van der Waals surface area (Å²) >= 11 is 1.44. The number of carboxylic acid groups (broad SMARTS) is 1. The first-order valence-corrected chi connectivity index (χ1v) is 7.16. The van der Waals surface area contributed by atoms with Crippen LogP contribution in [0.3, 0.4) is 0 Å². The van der Waals surface area contributed by atoms with Crippen LogP contribution in [-0.4, -0.2) is 46.5 Å². The average molecular weight is 283 g/mol. The lowest BCUT2D eigenvalue weighted by atomic mass is 9.97. The van der Waals surface area contributed by atoms with Crippen molar-refractivity contribution < 1.29 is 14.7 Å². The van der Waals surface area contributed by atoms with Gasteiger partial charge in [0.15, 0.2) is 0 Å². The number of hydrogen-bond donors (Lipinski definition) is 2. The van der Waals surface area contributed by atoms with Crippen molar-refractivity contribution in [1.29, 1.82) is 0 Å². The molecule has 0 bridgehead atoms. The molecule has 1 aromatic rings. The number of carbonyl (C=O) groups is 2. The first-order valence-electron chi connectivity index (χ1n) is 6.28. The van der Waals surface area contributed by atoms with E-state index in [1.54, 1.807) is 10.3 Å². The largest absolute Gasteiger partial charge is 0.481 e. The molecule has 7 heteroatoms. The Kier molecular flexibility index (Phi) is 4.49. The van der Waals surface area contributed by atoms with E-state index in [4.69, 9.17) is 10.8 Å². The highest BCUT2D eigenvalue weighted by atomic mass is 32.1. The first-order chi connectivity index (χ1) is 9.11. The standard InChI is InChI=1S/C12H17N3O3S/c13-4-1-10-14-9(7-19-10)11(16)15-5-2-8(3-6-15)12(17)18/h7-8H,1-6,13H2,(H,17,18). The van der Waals surface area contributed by atoms with Crippen LogP contribution < -0.4 is 5.73 Å². The first kappa shape index (κ1) is 14.0. The number of carboxylic acids is 1. The van der Waals surface area contributed by atoms with E-state index in [2.05, 4.69) is 4.98 Å². The summed E-state index contributed by atoms with van der Waals surface area (Å²) in [6.45, 7) is 1.49. The maximum absolute atomic E-state index is 12.2. The minimum Gasteiger partial charge on any atom is -0.481 e. The summed E-state index contributed by atoms with van der Waals surface area (Å²) < 4.78 is 0. The Morgan fingerprint density at radius 1 is 1.47 bits per heavy atom. The molecule has 1 aliphatic rings. The van der Waals surface area contributed by atoms with Crippen molar-refractivity contribution in [3.8, 4) is 0 Å². The van der Waals surface area contributed by atoms with Crippen LogP contribution in [0, 0.1) is 5.92 Å². The Balaban J connectivity index is 1.95. The van der Waals surface area contributed by atoms with Crippen molar-refractivity contribution in [3.63, 3.8) is 0 Å². The number of nitrogens with zero attached hydrogens (tertiary/aromatic N) is 2. The van der Waals surface area contributed by atoms with Crippen molar-refractivity contribution in [3.05, 3.63) is 16.1 Å². The lowest BCUT2D eigenvalue weighted by molar-refractivity contribution is -0.143. The Hall–Kier alpha value is -1.47. The maximum Gasteiger partial charge on any atom is 0.306 e. The second-order valence-electron chi connectivity index (χ2n) is 4.57. The fourth-order valence-electron chi connectivity index (χ4n) is 2.14. The second kappa shape index (κ2) is 6.12. The molecule has 104 valence electrons. The smallest absolute Gasteiger partial charge is 0.306 e. The number of aromatic nitrogens is 1. The topological polar surface area (TPSA) is 96.5 Å². The van der Waals surface area contributed by atoms with Gasteiger partial charge in [0.1, 0.15) is 5.69 Å². The van der Waals surface area contributed by atoms with Crippen LogP contribution in [0.25, 0.3) is 0 Å². The third kappa shape index (κ3) is 3.30. The minimum atomic E-state index is -0.772. The summed E-state index contributed by atoms with van der Waals surface area (Å²) in [7, 11) is 0. The van der Waals surface area contributed by atoms with Crippen LogP contribution in [0.1, 0.15) is 28.3 Å². The normalized spacial score (nSPS) is 16.6. The third-order valence-corrected chi connectivity index (χ3v) is 4.17. The molecule has 2 heterocycles. The summed E-state index contributed by atoms with van der Waals surface area (Å²) in [6, 6.07) is 0. The molecule has 0 aliphatic carbocycles. The zero-order chi connectivity index (χ0) is 13.8. The minimum absolute atomic E-state index is 0.108. The monoisotopic (exact) mass is 283 g/mol. The van der Waals surface area contributed by atoms with Crippen LogP contribution in [0.4, 0.5) is 0 Å². The van der Waals surface area contributed by atoms with E-state index in [0.717, 1.165) is 5.01 Å². The van der Waals surface area contributed by atoms with Gasteiger partial charge in [0.25, 0.3) is 5.91 Å². The maximum atomic E-state index is 12.2. The number of thiazole rings is 1. The molecule has 0 saturated carbocycles. The summed E-state index contributed by atoms with van der Waals surface area (Å²) in [5.74, 6) is -1.21. The molecule has 3 N–H and O–H groups in total. The zero-order valence-corrected chi connectivity index (χ0v) is 11.4. The molecule has 19 heavy (non-hydrogen) atoms. The van der Waals surface area contributed by atoms with Gasteiger partial charge in [-0.3, -0.25) is 9.59 Å². The highest BCUT2D eigenvalue weighted by molar-refractivity contribution is 7.09. The van der Waals surface area contributed by atoms with Crippen LogP contribution in [0.15, 0.2) is 5.38 Å². The van der Waals surface area contributed by atoms with E-state index in [-0.39, 0.29) is 11.8 Å². The van der Waals surface area contributed by atoms with Crippen LogP contribution >= 0.6 is 11.3 Å². The second-order valence-corrected chi connectivity index (χ2v) is 5.51. The summed E-state index contributed by atoms with van der Waals surface area (Å²) in [5, 5.41) is 11.5. The molecule has 0 unspecified atom stereocenters. The number of amides is 1. The van der Waals surface area contributed by atoms with Gasteiger partial charge < -0.3 is 15.7 Å². The van der Waals surface area contributed by atoms with Crippen molar-refractivity contribution in [2.45, 2.75) is 19.3 Å². The van der Waals surface area contributed by atoms with E-state index in [0.29, 0.717) is 44.6 Å². The molecule has 1 aromatic heterocycles. The van der Waals surface area contributed by atoms with E-state index < -0.39 is 5.97 Å². The van der Waals surface area contributed by atoms with Crippen LogP contribution in [0.5, 0.6) is 0 Å². The van der Waals surface area contributed by atoms with Crippen molar-refractivity contribution in [2.75, 3.05) is 19.6 Å². The quantitative estimate of drug-likeness (QED) is 0.842. The van der Waals surface area contributed by atoms with Crippen molar-refractivity contribution in [1.82, 2.24) is 9.88 Å². The molecule has 1 aliphatic heterocycles. The van der Waals surface area contributed by atoms with Gasteiger partial charge in [0.2, 0.25) is 0 Å². The fourth-order valence-corrected chi connectivity index (χ4v) is 2.93. The number of carbonyl (C=O) groups excluding carboxylic acids is 1. The molecular formula is C12H17N3O3S. The number of hydrogen-bond acceptors (Lipinski definition) is 5. The Morgan fingerprint density at radius 2 is 2.16 bits per heavy atom. The highest BCUT2D eigenvalue weighted by Crippen LogP contribution is 2.20. The lowest BCUT2D eigenvalue weighted by Crippen LogP contribution is -2.40. The van der Waals surface area contributed by atoms with Gasteiger partial charge >= 0.3 is 5.97 Å². The van der Waals surface area contributed by atoms with Crippen molar-refractivity contribution in [2.24, 2.45) is 11.7 Å². The predicted octanol–water partition coefficient (Wildman–Crippen LogP) is 0.581. The van der Waals surface area contributed by atoms with E-state index in [9.17, 15) is 9.59 Å². The molecule has 0 radical (unpaired) electrons. The number of rotatable bonds is 4. The zero-order valence-electron chi connectivity index (χ0n) is 10.5. The molecule has 1 amide bonds. The van der Waals surface area contributed by atoms with Crippen LogP contribution in [0.2, 0.25) is 0 Å². The molecule has 0 spiro atoms. The Morgan fingerprint density at radius 3 is 2.74 bits per heavy atom. The van der Waals surface area contributed by atoms with Crippen LogP contribution in [-0.2, 0) is 11.2 Å². The lowest BCUT2D eigenvalue weighted by Gasteiger charge is -2.29. The molecular weight excluding hydrogens is 266 g/mol. The number of aliphatic carboxylic acids is 1. The molecule has 2 rings (SSSR count). The summed E-state index contributed by atoms with van der Waals surface area (Å²) in [4.78, 5) is 29.0. The van der Waals surface area contributed by atoms with Gasteiger partial charge in [-0.05, 0) is 19.4 Å². The number of nitrogens with two attached hydrogens (primary N) is 1.